The van der Waals surface area contributed by atoms with Crippen LogP contribution in [0.25, 0.3) is 10.9 Å². The van der Waals surface area contributed by atoms with Crippen LogP contribution in [-0.4, -0.2) is 43.2 Å². The first-order chi connectivity index (χ1) is 13.3. The Kier molecular flexibility index (Phi) is 5.40. The van der Waals surface area contributed by atoms with E-state index >= 15 is 0 Å². The largest absolute Gasteiger partial charge is 0.336 e. The number of nitrogens with zero attached hydrogens (tertiary/aromatic N) is 4. The van der Waals surface area contributed by atoms with Crippen molar-refractivity contribution >= 4 is 33.5 Å². The van der Waals surface area contributed by atoms with Gasteiger partial charge in [0, 0.05) is 25.6 Å². The Labute approximate surface area is 171 Å². The molecule has 0 N–H and O–H groups in total. The van der Waals surface area contributed by atoms with E-state index in [0.717, 1.165) is 5.56 Å². The van der Waals surface area contributed by atoms with Crippen molar-refractivity contribution in [3.63, 3.8) is 0 Å². The summed E-state index contributed by atoms with van der Waals surface area (Å²) in [6.07, 6.45) is -0.271. The molecule has 158 valence electrons. The first kappa shape index (κ1) is 21.5. The summed E-state index contributed by atoms with van der Waals surface area (Å²) in [4.78, 5) is 19.0. The number of aryl methyl sites for hydroxylation is 1. The first-order valence-electron chi connectivity index (χ1n) is 9.42. The number of aromatic nitrogens is 2. The zero-order valence-electron chi connectivity index (χ0n) is 17.5. The minimum atomic E-state index is -2.80. The van der Waals surface area contributed by atoms with Gasteiger partial charge in [-0.1, -0.05) is 0 Å². The normalized spacial score (nSPS) is 18.5. The predicted molar refractivity (Wildman–Crippen MR) is 114 cm³/mol. The lowest BCUT2D eigenvalue weighted by Crippen LogP contribution is -2.32. The summed E-state index contributed by atoms with van der Waals surface area (Å²) in [6.45, 7) is 8.71. The van der Waals surface area contributed by atoms with E-state index in [1.807, 2.05) is 33.8 Å². The van der Waals surface area contributed by atoms with Crippen LogP contribution in [0.3, 0.4) is 0 Å². The topological polar surface area (TPSA) is 67.6 Å². The molecule has 1 aliphatic rings. The molecule has 6 nitrogen and oxygen atoms in total. The lowest BCUT2D eigenvalue weighted by atomic mass is 10.0. The molecule has 0 amide bonds. The molecule has 2 aromatic rings. The van der Waals surface area contributed by atoms with Crippen molar-refractivity contribution in [2.75, 3.05) is 18.0 Å². The highest BCUT2D eigenvalue weighted by Gasteiger charge is 2.39. The molecule has 1 aliphatic heterocycles. The fourth-order valence-corrected chi connectivity index (χ4v) is 3.91. The molecule has 0 bridgehead atoms. The Hall–Kier alpha value is -2.16. The van der Waals surface area contributed by atoms with Crippen molar-refractivity contribution in [2.45, 2.75) is 51.7 Å². The number of hydrogen-bond donors (Lipinski definition) is 0. The zero-order chi connectivity index (χ0) is 21.7. The second kappa shape index (κ2) is 7.27. The Bertz CT molecular complexity index is 1090. The Balaban J connectivity index is 2.23. The minimum Gasteiger partial charge on any atom is -0.336 e. The van der Waals surface area contributed by atoms with Gasteiger partial charge in [0.2, 0.25) is 5.95 Å². The number of alkyl halides is 2. The Morgan fingerprint density at radius 2 is 1.97 bits per heavy atom. The first-order valence-corrected chi connectivity index (χ1v) is 10.5. The maximum atomic E-state index is 13.7. The van der Waals surface area contributed by atoms with E-state index in [1.165, 1.54) is 16.5 Å². The third-order valence-electron chi connectivity index (χ3n) is 4.89. The highest BCUT2D eigenvalue weighted by Crippen LogP contribution is 2.30. The molecule has 1 saturated heterocycles. The van der Waals surface area contributed by atoms with Crippen LogP contribution in [0.15, 0.2) is 21.3 Å². The smallest absolute Gasteiger partial charge is 0.267 e. The molecule has 1 fully saturated rings. The lowest BCUT2D eigenvalue weighted by Gasteiger charge is -2.21. The summed E-state index contributed by atoms with van der Waals surface area (Å²) in [5.74, 6) is -2.60. The van der Waals surface area contributed by atoms with Crippen LogP contribution in [0.4, 0.5) is 14.7 Å². The maximum absolute atomic E-state index is 13.7. The van der Waals surface area contributed by atoms with Gasteiger partial charge in [-0.05, 0) is 52.3 Å². The van der Waals surface area contributed by atoms with Gasteiger partial charge in [0.05, 0.1) is 27.9 Å². The fraction of sp³-hybridized carbons (Fsp3) is 0.550. The molecule has 0 spiro atoms. The van der Waals surface area contributed by atoms with E-state index < -0.39 is 28.2 Å². The average Bonchev–Trinajstić information content (AvgIpc) is 2.96. The van der Waals surface area contributed by atoms with Crippen LogP contribution in [0, 0.1) is 6.92 Å². The molecule has 1 aromatic heterocycles. The van der Waals surface area contributed by atoms with Crippen molar-refractivity contribution in [3.8, 4) is 0 Å². The molecule has 2 heterocycles. The molecule has 9 heteroatoms. The molecular weight excluding hydrogens is 398 g/mol. The van der Waals surface area contributed by atoms with Crippen LogP contribution < -0.4 is 10.5 Å². The molecule has 0 saturated carbocycles. The summed E-state index contributed by atoms with van der Waals surface area (Å²) in [5, 5.41) is 0.383. The fourth-order valence-electron chi connectivity index (χ4n) is 3.28. The highest BCUT2D eigenvalue weighted by molar-refractivity contribution is 7.85. The molecular formula is C20H26F2N4O2S. The standard InChI is InChI=1S/C20H26F2N4O2S/c1-12-9-14(13(2)24-29(28)19(3,4)5)16-15(10-12)17(27)25(6)18(23-16)26-8-7-20(21,22)11-26/h9-10H,7-8,11H2,1-6H3/b24-13-/t29-/m1/s1. The van der Waals surface area contributed by atoms with Crippen molar-refractivity contribution in [3.05, 3.63) is 33.6 Å². The Morgan fingerprint density at radius 3 is 2.52 bits per heavy atom. The Morgan fingerprint density at radius 1 is 1.31 bits per heavy atom. The van der Waals surface area contributed by atoms with Crippen LogP contribution in [-0.2, 0) is 18.0 Å². The van der Waals surface area contributed by atoms with Crippen LogP contribution >= 0.6 is 0 Å². The summed E-state index contributed by atoms with van der Waals surface area (Å²) in [7, 11) is 0.0622. The highest BCUT2D eigenvalue weighted by atomic mass is 32.2. The summed E-state index contributed by atoms with van der Waals surface area (Å²) < 4.78 is 45.0. The van der Waals surface area contributed by atoms with Crippen LogP contribution in [0.5, 0.6) is 0 Å². The van der Waals surface area contributed by atoms with Gasteiger partial charge in [-0.2, -0.15) is 4.40 Å². The van der Waals surface area contributed by atoms with Gasteiger partial charge in [0.25, 0.3) is 11.5 Å². The molecule has 1 atom stereocenters. The molecule has 29 heavy (non-hydrogen) atoms. The predicted octanol–water partition coefficient (Wildman–Crippen LogP) is 3.36. The molecule has 3 rings (SSSR count). The molecule has 1 aromatic carbocycles. The number of anilines is 1. The third-order valence-corrected chi connectivity index (χ3v) is 6.37. The SMILES string of the molecule is C/C(=N/[S@](=O)C(C)(C)C)c1cc(C)cc2c(=O)n(C)c(N3CCC(F)(F)C3)nc12. The number of rotatable bonds is 3. The third kappa shape index (κ3) is 4.24. The lowest BCUT2D eigenvalue weighted by molar-refractivity contribution is 0.0256. The van der Waals surface area contributed by atoms with Gasteiger partial charge in [0.1, 0.15) is 11.0 Å². The van der Waals surface area contributed by atoms with E-state index in [0.29, 0.717) is 22.2 Å². The maximum Gasteiger partial charge on any atom is 0.267 e. The molecule has 0 radical (unpaired) electrons. The van der Waals surface area contributed by atoms with Crippen molar-refractivity contribution in [1.29, 1.82) is 0 Å². The van der Waals surface area contributed by atoms with Gasteiger partial charge in [-0.3, -0.25) is 9.36 Å². The van der Waals surface area contributed by atoms with E-state index in [1.54, 1.807) is 13.0 Å². The second-order valence-electron chi connectivity index (χ2n) is 8.55. The number of halogens is 2. The molecule has 0 aliphatic carbocycles. The van der Waals surface area contributed by atoms with E-state index in [4.69, 9.17) is 0 Å². The van der Waals surface area contributed by atoms with Gasteiger partial charge in [0.15, 0.2) is 0 Å². The van der Waals surface area contributed by atoms with Crippen molar-refractivity contribution in [2.24, 2.45) is 11.4 Å². The van der Waals surface area contributed by atoms with Gasteiger partial charge >= 0.3 is 0 Å². The zero-order valence-corrected chi connectivity index (χ0v) is 18.4. The average molecular weight is 425 g/mol. The van der Waals surface area contributed by atoms with Gasteiger partial charge in [-0.25, -0.2) is 18.0 Å². The minimum absolute atomic E-state index is 0.126. The van der Waals surface area contributed by atoms with E-state index in [-0.39, 0.29) is 24.5 Å². The van der Waals surface area contributed by atoms with Crippen LogP contribution in [0.2, 0.25) is 0 Å². The molecule has 0 unspecified atom stereocenters. The van der Waals surface area contributed by atoms with Crippen molar-refractivity contribution < 1.29 is 13.0 Å². The van der Waals surface area contributed by atoms with E-state index in [9.17, 15) is 17.8 Å². The monoisotopic (exact) mass is 424 g/mol. The van der Waals surface area contributed by atoms with Crippen molar-refractivity contribution in [1.82, 2.24) is 9.55 Å². The van der Waals surface area contributed by atoms with E-state index in [2.05, 4.69) is 9.38 Å². The number of fused-ring (bicyclic) bond motifs is 1. The quantitative estimate of drug-likeness (QED) is 0.709. The summed E-state index contributed by atoms with van der Waals surface area (Å²) in [6, 6.07) is 3.56. The second-order valence-corrected chi connectivity index (χ2v) is 10.5. The van der Waals surface area contributed by atoms with Gasteiger partial charge in [-0.15, -0.1) is 0 Å². The van der Waals surface area contributed by atoms with Gasteiger partial charge < -0.3 is 4.90 Å². The summed E-state index contributed by atoms with van der Waals surface area (Å²) >= 11 is 0. The number of benzene rings is 1. The number of hydrogen-bond acceptors (Lipinski definition) is 4. The van der Waals surface area contributed by atoms with Crippen LogP contribution in [0.1, 0.15) is 45.2 Å². The summed E-state index contributed by atoms with van der Waals surface area (Å²) in [5.41, 5.74) is 1.99.